The molecule has 4 atom stereocenters. The lowest BCUT2D eigenvalue weighted by atomic mass is 9.85. The second-order valence-corrected chi connectivity index (χ2v) is 11.5. The Kier molecular flexibility index (Phi) is 16.6. The number of nitrogens with two attached hydrogens (primary N) is 2. The van der Waals surface area contributed by atoms with Crippen LogP contribution in [0, 0.1) is 29.1 Å². The SMILES string of the molecule is C=C(CCC)C(CC#N)CNC(C)C(C(=C)NC)C(N)N.CC(C)OC1CCNC2=C1CC2.CC1CCC1. The smallest absolute Gasteiger partial charge is 0.0824 e. The maximum atomic E-state index is 8.96. The van der Waals surface area contributed by atoms with Crippen molar-refractivity contribution >= 4 is 0 Å². The summed E-state index contributed by atoms with van der Waals surface area (Å²) in [6.07, 6.45) is 10.9. The van der Waals surface area contributed by atoms with Gasteiger partial charge in [0.25, 0.3) is 0 Å². The van der Waals surface area contributed by atoms with Crippen LogP contribution in [0.1, 0.15) is 92.4 Å². The molecular weight excluding hydrogens is 472 g/mol. The predicted molar refractivity (Wildman–Crippen MR) is 161 cm³/mol. The van der Waals surface area contributed by atoms with Gasteiger partial charge in [0.05, 0.1) is 24.4 Å². The number of nitrogens with zero attached hydrogens (tertiary/aromatic N) is 1. The van der Waals surface area contributed by atoms with E-state index in [1.54, 1.807) is 0 Å². The Bertz CT molecular complexity index is 780. The van der Waals surface area contributed by atoms with E-state index < -0.39 is 6.17 Å². The highest BCUT2D eigenvalue weighted by atomic mass is 16.5. The van der Waals surface area contributed by atoms with E-state index in [1.807, 2.05) is 14.0 Å². The summed E-state index contributed by atoms with van der Waals surface area (Å²) in [5.41, 5.74) is 16.6. The molecule has 1 aliphatic heterocycles. The minimum Gasteiger partial charge on any atom is -0.392 e. The molecule has 7 N–H and O–H groups in total. The van der Waals surface area contributed by atoms with Crippen molar-refractivity contribution in [2.45, 2.75) is 117 Å². The van der Waals surface area contributed by atoms with Crippen LogP contribution in [0.25, 0.3) is 0 Å². The zero-order valence-corrected chi connectivity index (χ0v) is 25.2. The minimum absolute atomic E-state index is 0.0700. The first kappa shape index (κ1) is 34.2. The molecule has 3 aliphatic rings. The fraction of sp³-hybridized carbons (Fsp3) is 0.774. The van der Waals surface area contributed by atoms with Crippen molar-refractivity contribution in [3.63, 3.8) is 0 Å². The molecule has 0 bridgehead atoms. The van der Waals surface area contributed by atoms with Gasteiger partial charge in [-0.25, -0.2) is 0 Å². The van der Waals surface area contributed by atoms with Gasteiger partial charge >= 0.3 is 0 Å². The minimum atomic E-state index is -0.485. The average molecular weight is 531 g/mol. The van der Waals surface area contributed by atoms with Crippen LogP contribution in [0.2, 0.25) is 0 Å². The predicted octanol–water partition coefficient (Wildman–Crippen LogP) is 5.07. The summed E-state index contributed by atoms with van der Waals surface area (Å²) in [5.74, 6) is 1.15. The third kappa shape index (κ3) is 11.9. The number of nitriles is 1. The summed E-state index contributed by atoms with van der Waals surface area (Å²) in [6, 6.07) is 2.31. The average Bonchev–Trinajstić information content (AvgIpc) is 2.81. The third-order valence-corrected chi connectivity index (χ3v) is 7.85. The first-order chi connectivity index (χ1) is 18.0. The molecule has 0 aromatic heterocycles. The van der Waals surface area contributed by atoms with Crippen molar-refractivity contribution in [1.82, 2.24) is 16.0 Å². The Morgan fingerprint density at radius 2 is 1.84 bits per heavy atom. The number of ether oxygens (including phenoxy) is 1. The first-order valence-corrected chi connectivity index (χ1v) is 14.8. The Balaban J connectivity index is 0.000000347. The van der Waals surface area contributed by atoms with Gasteiger partial charge in [0, 0.05) is 55.8 Å². The molecule has 3 rings (SSSR count). The lowest BCUT2D eigenvalue weighted by Crippen LogP contribution is -2.51. The quantitative estimate of drug-likeness (QED) is 0.166. The van der Waals surface area contributed by atoms with Gasteiger partial charge in [-0.15, -0.1) is 0 Å². The number of hydrogen-bond acceptors (Lipinski definition) is 7. The molecule has 0 aromatic carbocycles. The van der Waals surface area contributed by atoms with Gasteiger partial charge in [-0.1, -0.05) is 58.3 Å². The molecule has 0 aromatic rings. The Hall–Kier alpha value is -1.85. The second kappa shape index (κ2) is 18.4. The first-order valence-electron chi connectivity index (χ1n) is 14.8. The number of hydrogen-bond donors (Lipinski definition) is 5. The zero-order valence-electron chi connectivity index (χ0n) is 25.2. The van der Waals surface area contributed by atoms with E-state index in [-0.39, 0.29) is 17.9 Å². The summed E-state index contributed by atoms with van der Waals surface area (Å²) in [7, 11) is 1.81. The van der Waals surface area contributed by atoms with Crippen molar-refractivity contribution < 1.29 is 4.74 Å². The number of allylic oxidation sites excluding steroid dienone is 1. The van der Waals surface area contributed by atoms with Crippen LogP contribution in [0.5, 0.6) is 0 Å². The lowest BCUT2D eigenvalue weighted by Gasteiger charge is -2.36. The normalized spacial score (nSPS) is 20.6. The fourth-order valence-corrected chi connectivity index (χ4v) is 5.06. The number of rotatable bonds is 13. The molecule has 7 heteroatoms. The van der Waals surface area contributed by atoms with Crippen molar-refractivity contribution in [1.29, 1.82) is 5.26 Å². The summed E-state index contributed by atoms with van der Waals surface area (Å²) in [4.78, 5) is 0. The molecule has 0 saturated heterocycles. The van der Waals surface area contributed by atoms with E-state index in [4.69, 9.17) is 21.5 Å². The maximum Gasteiger partial charge on any atom is 0.0824 e. The Labute approximate surface area is 233 Å². The van der Waals surface area contributed by atoms with Crippen molar-refractivity contribution in [3.8, 4) is 6.07 Å². The van der Waals surface area contributed by atoms with Crippen LogP contribution < -0.4 is 27.4 Å². The van der Waals surface area contributed by atoms with E-state index in [1.165, 1.54) is 43.4 Å². The standard InChI is InChI=1S/C16H31N5.C10H17NO.C5H10/c1-6-7-11(2)14(8-9-17)10-21-13(4)15(16(18)19)12(3)20-5;1-7(2)12-10-5-6-11-9-4-3-8(9)10;1-5-3-2-4-5/h13-16,20-21H,2-3,6-8,10,18-19H2,1,4-5H3;7,10-11H,3-6H2,1-2H3;5H,2-4H2,1H3. The molecule has 0 spiro atoms. The van der Waals surface area contributed by atoms with Gasteiger partial charge in [-0.3, -0.25) is 0 Å². The molecule has 218 valence electrons. The van der Waals surface area contributed by atoms with E-state index in [0.29, 0.717) is 25.2 Å². The van der Waals surface area contributed by atoms with Gasteiger partial charge in [0.2, 0.25) is 0 Å². The van der Waals surface area contributed by atoms with E-state index in [9.17, 15) is 0 Å². The van der Waals surface area contributed by atoms with Gasteiger partial charge in [-0.2, -0.15) is 5.26 Å². The Morgan fingerprint density at radius 1 is 1.18 bits per heavy atom. The monoisotopic (exact) mass is 530 g/mol. The van der Waals surface area contributed by atoms with Crippen LogP contribution >= 0.6 is 0 Å². The van der Waals surface area contributed by atoms with Crippen LogP contribution in [0.3, 0.4) is 0 Å². The fourth-order valence-electron chi connectivity index (χ4n) is 5.06. The van der Waals surface area contributed by atoms with Crippen molar-refractivity contribution in [2.75, 3.05) is 20.1 Å². The van der Waals surface area contributed by atoms with Gasteiger partial charge in [0.1, 0.15) is 0 Å². The van der Waals surface area contributed by atoms with Crippen molar-refractivity contribution in [3.05, 3.63) is 35.7 Å². The molecule has 1 saturated carbocycles. The molecule has 0 amide bonds. The van der Waals surface area contributed by atoms with Gasteiger partial charge in [-0.05, 0) is 57.9 Å². The highest BCUT2D eigenvalue weighted by Crippen LogP contribution is 2.34. The topological polar surface area (TPSA) is 121 Å². The molecule has 1 fully saturated rings. The molecule has 1 heterocycles. The van der Waals surface area contributed by atoms with E-state index in [0.717, 1.165) is 43.0 Å². The van der Waals surface area contributed by atoms with Crippen LogP contribution in [0.15, 0.2) is 35.7 Å². The number of nitrogens with one attached hydrogen (secondary N) is 3. The van der Waals surface area contributed by atoms with E-state index in [2.05, 4.69) is 62.9 Å². The summed E-state index contributed by atoms with van der Waals surface area (Å²) in [6.45, 7) is 20.5. The Morgan fingerprint density at radius 3 is 2.26 bits per heavy atom. The third-order valence-electron chi connectivity index (χ3n) is 7.85. The highest BCUT2D eigenvalue weighted by molar-refractivity contribution is 5.29. The molecule has 38 heavy (non-hydrogen) atoms. The molecular formula is C31H58N6O. The molecule has 2 aliphatic carbocycles. The second-order valence-electron chi connectivity index (χ2n) is 11.5. The van der Waals surface area contributed by atoms with Gasteiger partial charge in [0.15, 0.2) is 0 Å². The summed E-state index contributed by atoms with van der Waals surface area (Å²) >= 11 is 0. The van der Waals surface area contributed by atoms with Crippen LogP contribution in [0.4, 0.5) is 0 Å². The summed E-state index contributed by atoms with van der Waals surface area (Å²) in [5, 5.41) is 18.8. The largest absolute Gasteiger partial charge is 0.392 e. The molecule has 7 nitrogen and oxygen atoms in total. The highest BCUT2D eigenvalue weighted by Gasteiger charge is 2.29. The van der Waals surface area contributed by atoms with Crippen LogP contribution in [-0.4, -0.2) is 44.6 Å². The lowest BCUT2D eigenvalue weighted by molar-refractivity contribution is 0.0154. The van der Waals surface area contributed by atoms with Crippen molar-refractivity contribution in [2.24, 2.45) is 29.2 Å². The van der Waals surface area contributed by atoms with Crippen LogP contribution in [-0.2, 0) is 4.74 Å². The zero-order chi connectivity index (χ0) is 28.7. The maximum absolute atomic E-state index is 8.96. The van der Waals surface area contributed by atoms with E-state index >= 15 is 0 Å². The van der Waals surface area contributed by atoms with Gasteiger partial charge < -0.3 is 32.2 Å². The molecule has 0 radical (unpaired) electrons. The summed E-state index contributed by atoms with van der Waals surface area (Å²) < 4.78 is 5.83. The molecule has 4 unspecified atom stereocenters.